The van der Waals surface area contributed by atoms with E-state index in [0.29, 0.717) is 0 Å². The minimum atomic E-state index is -0.763. The Balaban J connectivity index is 2.30. The molecule has 2 aromatic carbocycles. The van der Waals surface area contributed by atoms with Crippen LogP contribution in [0.1, 0.15) is 27.1 Å². The second-order valence-electron chi connectivity index (χ2n) is 4.57. The summed E-state index contributed by atoms with van der Waals surface area (Å²) in [6.07, 6.45) is -0.685. The third-order valence-electron chi connectivity index (χ3n) is 3.12. The van der Waals surface area contributed by atoms with E-state index in [1.54, 1.807) is 0 Å². The molecule has 23 heavy (non-hydrogen) atoms. The Morgan fingerprint density at radius 3 is 1.43 bits per heavy atom. The summed E-state index contributed by atoms with van der Waals surface area (Å²) in [7, 11) is 0. The minimum Gasteiger partial charge on any atom is -0.293 e. The normalized spacial score (nSPS) is 10.1. The Labute approximate surface area is 129 Å². The highest BCUT2D eigenvalue weighted by Crippen LogP contribution is 2.23. The summed E-state index contributed by atoms with van der Waals surface area (Å²) in [5.74, 6) is -1.53. The van der Waals surface area contributed by atoms with Gasteiger partial charge in [-0.25, -0.2) is 0 Å². The van der Waals surface area contributed by atoms with Crippen LogP contribution in [0.3, 0.4) is 0 Å². The van der Waals surface area contributed by atoms with Crippen molar-refractivity contribution in [3.05, 3.63) is 79.9 Å². The second-order valence-corrected chi connectivity index (χ2v) is 4.57. The molecule has 2 rings (SSSR count). The lowest BCUT2D eigenvalue weighted by Crippen LogP contribution is -2.12. The molecular formula is C15H10N2O6. The lowest BCUT2D eigenvalue weighted by Gasteiger charge is -2.03. The zero-order chi connectivity index (χ0) is 17.0. The predicted molar refractivity (Wildman–Crippen MR) is 79.5 cm³/mol. The number of carbonyl (C=O) groups is 2. The molecular weight excluding hydrogens is 304 g/mol. The molecule has 0 unspecified atom stereocenters. The fourth-order valence-electron chi connectivity index (χ4n) is 2.07. The van der Waals surface area contributed by atoms with Crippen molar-refractivity contribution in [2.24, 2.45) is 0 Å². The topological polar surface area (TPSA) is 120 Å². The van der Waals surface area contributed by atoms with Crippen LogP contribution in [0.4, 0.5) is 11.4 Å². The van der Waals surface area contributed by atoms with Crippen LogP contribution >= 0.6 is 0 Å². The number of carbonyl (C=O) groups excluding carboxylic acids is 2. The first kappa shape index (κ1) is 16.0. The van der Waals surface area contributed by atoms with Gasteiger partial charge in [0.05, 0.1) is 27.4 Å². The quantitative estimate of drug-likeness (QED) is 0.350. The summed E-state index contributed by atoms with van der Waals surface area (Å²) in [6, 6.07) is 10.5. The van der Waals surface area contributed by atoms with Gasteiger partial charge < -0.3 is 0 Å². The molecule has 0 bridgehead atoms. The number of para-hydroxylation sites is 2. The van der Waals surface area contributed by atoms with Crippen molar-refractivity contribution < 1.29 is 19.4 Å². The number of benzene rings is 2. The largest absolute Gasteiger partial charge is 0.293 e. The van der Waals surface area contributed by atoms with E-state index >= 15 is 0 Å². The molecule has 0 aliphatic heterocycles. The van der Waals surface area contributed by atoms with E-state index in [9.17, 15) is 29.8 Å². The highest BCUT2D eigenvalue weighted by Gasteiger charge is 2.25. The molecule has 0 N–H and O–H groups in total. The van der Waals surface area contributed by atoms with Crippen LogP contribution in [0.5, 0.6) is 0 Å². The minimum absolute atomic E-state index is 0.204. The van der Waals surface area contributed by atoms with E-state index in [1.165, 1.54) is 36.4 Å². The first-order valence-electron chi connectivity index (χ1n) is 6.45. The number of nitro benzene ring substituents is 2. The van der Waals surface area contributed by atoms with E-state index < -0.39 is 39.2 Å². The van der Waals surface area contributed by atoms with Crippen LogP contribution in [-0.2, 0) is 0 Å². The fraction of sp³-hybridized carbons (Fsp3) is 0.0667. The molecule has 0 amide bonds. The molecule has 0 saturated carbocycles. The van der Waals surface area contributed by atoms with Crippen molar-refractivity contribution in [3.63, 3.8) is 0 Å². The Kier molecular flexibility index (Phi) is 4.55. The Hall–Kier alpha value is -3.42. The average Bonchev–Trinajstić information content (AvgIpc) is 2.54. The molecule has 0 atom stereocenters. The number of nitrogens with zero attached hydrogens (tertiary/aromatic N) is 2. The zero-order valence-electron chi connectivity index (χ0n) is 11.7. The molecule has 0 radical (unpaired) electrons. The first-order chi connectivity index (χ1) is 10.9. The highest BCUT2D eigenvalue weighted by atomic mass is 16.6. The van der Waals surface area contributed by atoms with Gasteiger partial charge in [-0.3, -0.25) is 29.8 Å². The van der Waals surface area contributed by atoms with Crippen LogP contribution < -0.4 is 0 Å². The molecule has 0 saturated heterocycles. The second kappa shape index (κ2) is 6.56. The maximum atomic E-state index is 12.1. The molecule has 2 aromatic rings. The van der Waals surface area contributed by atoms with Crippen LogP contribution in [0.25, 0.3) is 0 Å². The monoisotopic (exact) mass is 314 g/mol. The van der Waals surface area contributed by atoms with Gasteiger partial charge in [-0.1, -0.05) is 24.3 Å². The number of ketones is 2. The van der Waals surface area contributed by atoms with Gasteiger partial charge in [0.1, 0.15) is 0 Å². The maximum absolute atomic E-state index is 12.1. The van der Waals surface area contributed by atoms with E-state index in [-0.39, 0.29) is 11.1 Å². The van der Waals surface area contributed by atoms with Gasteiger partial charge in [0, 0.05) is 12.1 Å². The standard InChI is InChI=1S/C15H10N2O6/c18-14(10-5-1-3-7-12(10)16(20)21)9-15(19)11-6-2-4-8-13(11)17(22)23/h1-8H,9H2. The van der Waals surface area contributed by atoms with Crippen molar-refractivity contribution in [1.29, 1.82) is 0 Å². The van der Waals surface area contributed by atoms with Crippen LogP contribution in [0.2, 0.25) is 0 Å². The maximum Gasteiger partial charge on any atom is 0.280 e. The Morgan fingerprint density at radius 1 is 0.739 bits per heavy atom. The van der Waals surface area contributed by atoms with Crippen molar-refractivity contribution in [2.45, 2.75) is 6.42 Å². The van der Waals surface area contributed by atoms with E-state index in [2.05, 4.69) is 0 Å². The van der Waals surface area contributed by atoms with Gasteiger partial charge in [-0.05, 0) is 12.1 Å². The molecule has 0 heterocycles. The summed E-state index contributed by atoms with van der Waals surface area (Å²) in [5.41, 5.74) is -1.23. The number of hydrogen-bond acceptors (Lipinski definition) is 6. The molecule has 8 nitrogen and oxygen atoms in total. The molecule has 0 fully saturated rings. The molecule has 0 aliphatic carbocycles. The third-order valence-corrected chi connectivity index (χ3v) is 3.12. The van der Waals surface area contributed by atoms with Gasteiger partial charge in [-0.15, -0.1) is 0 Å². The van der Waals surface area contributed by atoms with Crippen LogP contribution in [-0.4, -0.2) is 21.4 Å². The SMILES string of the molecule is O=C(CC(=O)c1ccccc1[N+](=O)[O-])c1ccccc1[N+](=O)[O-]. The van der Waals surface area contributed by atoms with Crippen molar-refractivity contribution in [1.82, 2.24) is 0 Å². The summed E-state index contributed by atoms with van der Waals surface area (Å²) < 4.78 is 0. The Bertz CT molecular complexity index is 748. The molecule has 0 aromatic heterocycles. The molecule has 0 aliphatic rings. The van der Waals surface area contributed by atoms with Gasteiger partial charge in [0.15, 0.2) is 11.6 Å². The van der Waals surface area contributed by atoms with Gasteiger partial charge >= 0.3 is 0 Å². The molecule has 116 valence electrons. The molecule has 8 heteroatoms. The van der Waals surface area contributed by atoms with Crippen LogP contribution in [0.15, 0.2) is 48.5 Å². The summed E-state index contributed by atoms with van der Waals surface area (Å²) in [5, 5.41) is 21.8. The first-order valence-corrected chi connectivity index (χ1v) is 6.45. The van der Waals surface area contributed by atoms with Gasteiger partial charge in [0.2, 0.25) is 0 Å². The number of hydrogen-bond donors (Lipinski definition) is 0. The summed E-state index contributed by atoms with van der Waals surface area (Å²) in [4.78, 5) is 44.6. The van der Waals surface area contributed by atoms with Crippen molar-refractivity contribution in [2.75, 3.05) is 0 Å². The predicted octanol–water partition coefficient (Wildman–Crippen LogP) is 2.96. The van der Waals surface area contributed by atoms with E-state index in [4.69, 9.17) is 0 Å². The number of rotatable bonds is 6. The number of Topliss-reactive ketones (excluding diaryl/α,β-unsaturated/α-hetero) is 2. The lowest BCUT2D eigenvalue weighted by molar-refractivity contribution is -0.385. The summed E-state index contributed by atoms with van der Waals surface area (Å²) in [6.45, 7) is 0. The summed E-state index contributed by atoms with van der Waals surface area (Å²) >= 11 is 0. The van der Waals surface area contributed by atoms with Crippen molar-refractivity contribution in [3.8, 4) is 0 Å². The zero-order valence-corrected chi connectivity index (χ0v) is 11.7. The average molecular weight is 314 g/mol. The van der Waals surface area contributed by atoms with Gasteiger partial charge in [0.25, 0.3) is 11.4 Å². The highest BCUT2D eigenvalue weighted by molar-refractivity contribution is 6.16. The van der Waals surface area contributed by atoms with E-state index in [0.717, 1.165) is 12.1 Å². The van der Waals surface area contributed by atoms with Crippen molar-refractivity contribution >= 4 is 22.9 Å². The van der Waals surface area contributed by atoms with Crippen LogP contribution in [0, 0.1) is 20.2 Å². The fourth-order valence-corrected chi connectivity index (χ4v) is 2.07. The third kappa shape index (κ3) is 3.43. The smallest absolute Gasteiger partial charge is 0.280 e. The lowest BCUT2D eigenvalue weighted by atomic mass is 9.99. The molecule has 0 spiro atoms. The van der Waals surface area contributed by atoms with E-state index in [1.807, 2.05) is 0 Å². The number of nitro groups is 2. The van der Waals surface area contributed by atoms with Gasteiger partial charge in [-0.2, -0.15) is 0 Å². The Morgan fingerprint density at radius 2 is 1.09 bits per heavy atom.